The Hall–Kier alpha value is -2.77. The van der Waals surface area contributed by atoms with Gasteiger partial charge < -0.3 is 20.1 Å². The molecule has 27 heavy (non-hydrogen) atoms. The summed E-state index contributed by atoms with van der Waals surface area (Å²) in [4.78, 5) is 38.5. The summed E-state index contributed by atoms with van der Waals surface area (Å²) in [5.41, 5.74) is 0.00889. The van der Waals surface area contributed by atoms with Crippen molar-refractivity contribution in [2.75, 3.05) is 13.3 Å². The number of urea groups is 1. The first-order valence-corrected chi connectivity index (χ1v) is 9.29. The van der Waals surface area contributed by atoms with Gasteiger partial charge in [0.05, 0.1) is 0 Å². The maximum absolute atomic E-state index is 12.9. The van der Waals surface area contributed by atoms with Gasteiger partial charge in [-0.05, 0) is 36.5 Å². The molecule has 4 rings (SSSR count). The lowest BCUT2D eigenvalue weighted by Crippen LogP contribution is -2.54. The average Bonchev–Trinajstić information content (AvgIpc) is 3.21. The Balaban J connectivity index is 1.36. The lowest BCUT2D eigenvalue weighted by Gasteiger charge is -2.36. The van der Waals surface area contributed by atoms with Gasteiger partial charge in [-0.2, -0.15) is 0 Å². The molecule has 2 atom stereocenters. The van der Waals surface area contributed by atoms with Crippen molar-refractivity contribution in [2.24, 2.45) is 5.92 Å². The van der Waals surface area contributed by atoms with Crippen LogP contribution in [-0.4, -0.2) is 41.6 Å². The number of rotatable bonds is 4. The van der Waals surface area contributed by atoms with Crippen LogP contribution in [0.15, 0.2) is 18.2 Å². The zero-order valence-electron chi connectivity index (χ0n) is 15.2. The number of nitrogens with zero attached hydrogens (tertiary/aromatic N) is 1. The van der Waals surface area contributed by atoms with Gasteiger partial charge in [-0.3, -0.25) is 14.5 Å². The Morgan fingerprint density at radius 3 is 2.93 bits per heavy atom. The molecule has 0 radical (unpaired) electrons. The van der Waals surface area contributed by atoms with E-state index < -0.39 is 11.6 Å². The van der Waals surface area contributed by atoms with Crippen molar-refractivity contribution in [3.63, 3.8) is 0 Å². The number of hydrogen-bond donors (Lipinski definition) is 2. The fraction of sp³-hybridized carbons (Fsp3) is 0.526. The molecule has 3 aliphatic rings. The maximum Gasteiger partial charge on any atom is 0.325 e. The van der Waals surface area contributed by atoms with Crippen molar-refractivity contribution < 1.29 is 23.9 Å². The quantitative estimate of drug-likeness (QED) is 0.780. The summed E-state index contributed by atoms with van der Waals surface area (Å²) in [5, 5.41) is 5.60. The van der Waals surface area contributed by atoms with Crippen LogP contribution in [-0.2, 0) is 16.1 Å². The molecule has 4 amide bonds. The van der Waals surface area contributed by atoms with Crippen molar-refractivity contribution in [2.45, 2.75) is 44.7 Å². The summed E-state index contributed by atoms with van der Waals surface area (Å²) in [5.74, 6) is 0.736. The highest BCUT2D eigenvalue weighted by molar-refractivity contribution is 6.09. The van der Waals surface area contributed by atoms with Crippen LogP contribution < -0.4 is 20.1 Å². The second-order valence-corrected chi connectivity index (χ2v) is 7.40. The van der Waals surface area contributed by atoms with Gasteiger partial charge in [-0.25, -0.2) is 4.79 Å². The SMILES string of the molecule is CC1CCCCC12NC(=O)N(CC(=O)NCc1ccc3c(c1)OCO3)C2=O. The van der Waals surface area contributed by atoms with Crippen LogP contribution in [0.4, 0.5) is 4.79 Å². The Bertz CT molecular complexity index is 796. The first-order valence-electron chi connectivity index (χ1n) is 9.29. The van der Waals surface area contributed by atoms with E-state index in [1.165, 1.54) is 0 Å². The molecule has 1 aromatic rings. The minimum absolute atomic E-state index is 0.0735. The van der Waals surface area contributed by atoms with Crippen LogP contribution in [0.1, 0.15) is 38.2 Å². The summed E-state index contributed by atoms with van der Waals surface area (Å²) >= 11 is 0. The van der Waals surface area contributed by atoms with Gasteiger partial charge in [0.15, 0.2) is 11.5 Å². The van der Waals surface area contributed by atoms with E-state index in [-0.39, 0.29) is 37.6 Å². The number of nitrogens with one attached hydrogen (secondary N) is 2. The highest BCUT2D eigenvalue weighted by Gasteiger charge is 2.55. The molecule has 1 spiro atoms. The number of hydrogen-bond acceptors (Lipinski definition) is 5. The van der Waals surface area contributed by atoms with E-state index in [0.29, 0.717) is 17.9 Å². The Kier molecular flexibility index (Phi) is 4.41. The van der Waals surface area contributed by atoms with E-state index in [2.05, 4.69) is 10.6 Å². The van der Waals surface area contributed by atoms with Crippen molar-refractivity contribution in [3.05, 3.63) is 23.8 Å². The molecule has 2 N–H and O–H groups in total. The summed E-state index contributed by atoms with van der Waals surface area (Å²) < 4.78 is 10.6. The van der Waals surface area contributed by atoms with E-state index in [4.69, 9.17) is 9.47 Å². The molecule has 1 saturated carbocycles. The average molecular weight is 373 g/mol. The largest absolute Gasteiger partial charge is 0.454 e. The molecule has 8 nitrogen and oxygen atoms in total. The molecule has 144 valence electrons. The summed E-state index contributed by atoms with van der Waals surface area (Å²) in [6.45, 7) is 2.18. The molecule has 2 heterocycles. The Morgan fingerprint density at radius 2 is 2.11 bits per heavy atom. The molecule has 2 fully saturated rings. The molecular weight excluding hydrogens is 350 g/mol. The predicted molar refractivity (Wildman–Crippen MR) is 95.0 cm³/mol. The molecule has 1 saturated heterocycles. The smallest absolute Gasteiger partial charge is 0.325 e. The Labute approximate surface area is 157 Å². The van der Waals surface area contributed by atoms with E-state index in [9.17, 15) is 14.4 Å². The zero-order chi connectivity index (χ0) is 19.0. The van der Waals surface area contributed by atoms with E-state index in [1.807, 2.05) is 13.0 Å². The van der Waals surface area contributed by atoms with Gasteiger partial charge in [0.2, 0.25) is 12.7 Å². The van der Waals surface area contributed by atoms with Gasteiger partial charge in [0, 0.05) is 6.54 Å². The van der Waals surface area contributed by atoms with Gasteiger partial charge in [-0.1, -0.05) is 25.8 Å². The highest BCUT2D eigenvalue weighted by atomic mass is 16.7. The number of amides is 4. The van der Waals surface area contributed by atoms with Crippen molar-refractivity contribution >= 4 is 17.8 Å². The van der Waals surface area contributed by atoms with Gasteiger partial charge >= 0.3 is 6.03 Å². The molecule has 2 unspecified atom stereocenters. The summed E-state index contributed by atoms with van der Waals surface area (Å²) in [6, 6.07) is 4.94. The van der Waals surface area contributed by atoms with Crippen LogP contribution >= 0.6 is 0 Å². The second-order valence-electron chi connectivity index (χ2n) is 7.40. The fourth-order valence-electron chi connectivity index (χ4n) is 4.09. The molecular formula is C19H23N3O5. The normalized spacial score (nSPS) is 26.4. The van der Waals surface area contributed by atoms with Gasteiger partial charge in [0.25, 0.3) is 5.91 Å². The third kappa shape index (κ3) is 3.09. The number of carbonyl (C=O) groups excluding carboxylic acids is 3. The third-order valence-electron chi connectivity index (χ3n) is 5.73. The Morgan fingerprint density at radius 1 is 1.30 bits per heavy atom. The van der Waals surface area contributed by atoms with Crippen LogP contribution in [0.5, 0.6) is 11.5 Å². The topological polar surface area (TPSA) is 97.0 Å². The highest BCUT2D eigenvalue weighted by Crippen LogP contribution is 2.38. The van der Waals surface area contributed by atoms with Crippen molar-refractivity contribution in [1.29, 1.82) is 0 Å². The molecule has 0 bridgehead atoms. The summed E-state index contributed by atoms with van der Waals surface area (Å²) in [6.07, 6.45) is 3.49. The maximum atomic E-state index is 12.9. The number of fused-ring (bicyclic) bond motifs is 1. The minimum Gasteiger partial charge on any atom is -0.454 e. The molecule has 2 aliphatic heterocycles. The van der Waals surface area contributed by atoms with Crippen LogP contribution in [0.3, 0.4) is 0 Å². The van der Waals surface area contributed by atoms with Crippen LogP contribution in [0.2, 0.25) is 0 Å². The molecule has 1 aliphatic carbocycles. The number of benzene rings is 1. The third-order valence-corrected chi connectivity index (χ3v) is 5.73. The van der Waals surface area contributed by atoms with Crippen molar-refractivity contribution in [1.82, 2.24) is 15.5 Å². The second kappa shape index (κ2) is 6.75. The lowest BCUT2D eigenvalue weighted by atomic mass is 9.73. The summed E-state index contributed by atoms with van der Waals surface area (Å²) in [7, 11) is 0. The van der Waals surface area contributed by atoms with Gasteiger partial charge in [0.1, 0.15) is 12.1 Å². The minimum atomic E-state index is -0.840. The van der Waals surface area contributed by atoms with Crippen LogP contribution in [0, 0.1) is 5.92 Å². The monoisotopic (exact) mass is 373 g/mol. The number of imide groups is 1. The fourth-order valence-corrected chi connectivity index (χ4v) is 4.09. The molecule has 1 aromatic carbocycles. The van der Waals surface area contributed by atoms with E-state index in [1.54, 1.807) is 12.1 Å². The molecule has 0 aromatic heterocycles. The van der Waals surface area contributed by atoms with Crippen molar-refractivity contribution in [3.8, 4) is 11.5 Å². The first-order chi connectivity index (χ1) is 13.0. The molecule has 8 heteroatoms. The first kappa shape index (κ1) is 17.6. The number of carbonyl (C=O) groups is 3. The van der Waals surface area contributed by atoms with E-state index >= 15 is 0 Å². The number of ether oxygens (including phenoxy) is 2. The van der Waals surface area contributed by atoms with Gasteiger partial charge in [-0.15, -0.1) is 0 Å². The lowest BCUT2D eigenvalue weighted by molar-refractivity contribution is -0.137. The zero-order valence-corrected chi connectivity index (χ0v) is 15.2. The predicted octanol–water partition coefficient (Wildman–Crippen LogP) is 1.53. The standard InChI is InChI=1S/C19H23N3O5/c1-12-4-2-3-7-19(12)17(24)22(18(25)21-19)10-16(23)20-9-13-5-6-14-15(8-13)27-11-26-14/h5-6,8,12H,2-4,7,9-11H2,1H3,(H,20,23)(H,21,25). The van der Waals surface area contributed by atoms with E-state index in [0.717, 1.165) is 29.7 Å². The van der Waals surface area contributed by atoms with Crippen LogP contribution in [0.25, 0.3) is 0 Å².